The molecule has 1 aliphatic heterocycles. The van der Waals surface area contributed by atoms with E-state index in [1.165, 1.54) is 12.8 Å². The normalized spacial score (nSPS) is 19.2. The maximum atomic E-state index is 5.46. The monoisotopic (exact) mass is 279 g/mol. The fourth-order valence-corrected chi connectivity index (χ4v) is 2.80. The lowest BCUT2D eigenvalue weighted by Crippen LogP contribution is -2.37. The van der Waals surface area contributed by atoms with Crippen molar-refractivity contribution in [1.82, 2.24) is 15.2 Å². The van der Waals surface area contributed by atoms with Crippen LogP contribution < -0.4 is 14.8 Å². The van der Waals surface area contributed by atoms with Crippen LogP contribution in [0.25, 0.3) is 0 Å². The molecule has 20 heavy (non-hydrogen) atoms. The van der Waals surface area contributed by atoms with Crippen molar-refractivity contribution in [3.8, 4) is 11.5 Å². The van der Waals surface area contributed by atoms with Crippen molar-refractivity contribution in [2.45, 2.75) is 32.4 Å². The Morgan fingerprint density at radius 1 is 1.40 bits per heavy atom. The Hall–Kier alpha value is -1.33. The molecule has 5 nitrogen and oxygen atoms in total. The van der Waals surface area contributed by atoms with E-state index in [1.807, 2.05) is 6.07 Å². The number of hydrogen-bond donors (Lipinski definition) is 1. The lowest BCUT2D eigenvalue weighted by molar-refractivity contribution is 0.232. The van der Waals surface area contributed by atoms with Crippen LogP contribution >= 0.6 is 0 Å². The first-order valence-electron chi connectivity index (χ1n) is 7.30. The standard InChI is InChI=1S/C15H25N3O2/c1-4-16-10-12-6-5-9-18(12)11-13-15(20-3)14(19-2)7-8-17-13/h7-8,12,16H,4-6,9-11H2,1-3H3. The maximum absolute atomic E-state index is 5.46. The minimum absolute atomic E-state index is 0.590. The minimum Gasteiger partial charge on any atom is -0.493 e. The van der Waals surface area contributed by atoms with Crippen LogP contribution in [0, 0.1) is 0 Å². The van der Waals surface area contributed by atoms with Crippen LogP contribution in [0.15, 0.2) is 12.3 Å². The van der Waals surface area contributed by atoms with Gasteiger partial charge >= 0.3 is 0 Å². The number of likely N-dealkylation sites (N-methyl/N-ethyl adjacent to an activating group) is 1. The summed E-state index contributed by atoms with van der Waals surface area (Å²) < 4.78 is 10.8. The Bertz CT molecular complexity index is 426. The van der Waals surface area contributed by atoms with E-state index < -0.39 is 0 Å². The topological polar surface area (TPSA) is 46.6 Å². The number of pyridine rings is 1. The van der Waals surface area contributed by atoms with Gasteiger partial charge in [0.25, 0.3) is 0 Å². The predicted octanol–water partition coefficient (Wildman–Crippen LogP) is 1.67. The number of hydrogen-bond acceptors (Lipinski definition) is 5. The van der Waals surface area contributed by atoms with Gasteiger partial charge < -0.3 is 14.8 Å². The molecule has 1 fully saturated rings. The minimum atomic E-state index is 0.590. The second kappa shape index (κ2) is 7.45. The van der Waals surface area contributed by atoms with Gasteiger partial charge in [0, 0.05) is 31.4 Å². The molecule has 0 aromatic carbocycles. The number of nitrogens with zero attached hydrogens (tertiary/aromatic N) is 2. The molecule has 1 unspecified atom stereocenters. The summed E-state index contributed by atoms with van der Waals surface area (Å²) in [5.41, 5.74) is 0.954. The number of methoxy groups -OCH3 is 2. The largest absolute Gasteiger partial charge is 0.493 e. The molecule has 0 amide bonds. The zero-order chi connectivity index (χ0) is 14.4. The number of nitrogens with one attached hydrogen (secondary N) is 1. The number of likely N-dealkylation sites (tertiary alicyclic amines) is 1. The van der Waals surface area contributed by atoms with Crippen molar-refractivity contribution in [2.75, 3.05) is 33.9 Å². The molecule has 2 heterocycles. The summed E-state index contributed by atoms with van der Waals surface area (Å²) in [5, 5.41) is 3.44. The highest BCUT2D eigenvalue weighted by Crippen LogP contribution is 2.31. The number of rotatable bonds is 7. The van der Waals surface area contributed by atoms with E-state index in [0.29, 0.717) is 6.04 Å². The van der Waals surface area contributed by atoms with Gasteiger partial charge in [-0.25, -0.2) is 0 Å². The van der Waals surface area contributed by atoms with Gasteiger partial charge in [-0.15, -0.1) is 0 Å². The fourth-order valence-electron chi connectivity index (χ4n) is 2.80. The molecule has 0 aliphatic carbocycles. The van der Waals surface area contributed by atoms with Crippen LogP contribution in [0.3, 0.4) is 0 Å². The SMILES string of the molecule is CCNCC1CCCN1Cc1nccc(OC)c1OC. The Morgan fingerprint density at radius 2 is 2.25 bits per heavy atom. The van der Waals surface area contributed by atoms with Crippen molar-refractivity contribution in [2.24, 2.45) is 0 Å². The Kier molecular flexibility index (Phi) is 5.61. The zero-order valence-corrected chi connectivity index (χ0v) is 12.7. The van der Waals surface area contributed by atoms with Crippen LogP contribution in [0.4, 0.5) is 0 Å². The predicted molar refractivity (Wildman–Crippen MR) is 79.3 cm³/mol. The summed E-state index contributed by atoms with van der Waals surface area (Å²) in [6.07, 6.45) is 4.29. The molecule has 2 rings (SSSR count). The Balaban J connectivity index is 2.09. The Morgan fingerprint density at radius 3 is 2.95 bits per heavy atom. The van der Waals surface area contributed by atoms with Crippen LogP contribution in [-0.2, 0) is 6.54 Å². The van der Waals surface area contributed by atoms with Crippen molar-refractivity contribution < 1.29 is 9.47 Å². The molecule has 0 spiro atoms. The molecular weight excluding hydrogens is 254 g/mol. The summed E-state index contributed by atoms with van der Waals surface area (Å²) in [4.78, 5) is 6.95. The van der Waals surface area contributed by atoms with E-state index >= 15 is 0 Å². The van der Waals surface area contributed by atoms with Crippen LogP contribution in [0.5, 0.6) is 11.5 Å². The fraction of sp³-hybridized carbons (Fsp3) is 0.667. The summed E-state index contributed by atoms with van der Waals surface area (Å²) in [6.45, 7) is 6.15. The van der Waals surface area contributed by atoms with Gasteiger partial charge in [-0.2, -0.15) is 0 Å². The highest BCUT2D eigenvalue weighted by atomic mass is 16.5. The average molecular weight is 279 g/mol. The van der Waals surface area contributed by atoms with Gasteiger partial charge in [-0.3, -0.25) is 9.88 Å². The van der Waals surface area contributed by atoms with Crippen LogP contribution in [0.1, 0.15) is 25.5 Å². The van der Waals surface area contributed by atoms with Gasteiger partial charge in [0.05, 0.1) is 14.2 Å². The molecule has 1 N–H and O–H groups in total. The van der Waals surface area contributed by atoms with Gasteiger partial charge in [0.1, 0.15) is 5.69 Å². The van der Waals surface area contributed by atoms with E-state index in [0.717, 1.165) is 43.4 Å². The van der Waals surface area contributed by atoms with Gasteiger partial charge in [-0.05, 0) is 25.9 Å². The molecular formula is C15H25N3O2. The second-order valence-corrected chi connectivity index (χ2v) is 5.07. The maximum Gasteiger partial charge on any atom is 0.183 e. The third-order valence-electron chi connectivity index (χ3n) is 3.85. The molecule has 1 aromatic heterocycles. The molecule has 1 saturated heterocycles. The highest BCUT2D eigenvalue weighted by molar-refractivity contribution is 5.42. The molecule has 0 bridgehead atoms. The van der Waals surface area contributed by atoms with Crippen LogP contribution in [-0.4, -0.2) is 49.8 Å². The lowest BCUT2D eigenvalue weighted by atomic mass is 10.2. The third-order valence-corrected chi connectivity index (χ3v) is 3.85. The molecule has 0 saturated carbocycles. The van der Waals surface area contributed by atoms with Crippen molar-refractivity contribution in [3.63, 3.8) is 0 Å². The second-order valence-electron chi connectivity index (χ2n) is 5.07. The first kappa shape index (κ1) is 15.1. The van der Waals surface area contributed by atoms with E-state index in [9.17, 15) is 0 Å². The van der Waals surface area contributed by atoms with Crippen molar-refractivity contribution in [1.29, 1.82) is 0 Å². The van der Waals surface area contributed by atoms with Gasteiger partial charge in [-0.1, -0.05) is 6.92 Å². The average Bonchev–Trinajstić information content (AvgIpc) is 2.92. The smallest absolute Gasteiger partial charge is 0.183 e. The summed E-state index contributed by atoms with van der Waals surface area (Å²) in [7, 11) is 3.33. The summed E-state index contributed by atoms with van der Waals surface area (Å²) in [5.74, 6) is 1.50. The first-order chi connectivity index (χ1) is 9.80. The number of aromatic nitrogens is 1. The van der Waals surface area contributed by atoms with E-state index in [4.69, 9.17) is 9.47 Å². The first-order valence-corrected chi connectivity index (χ1v) is 7.30. The highest BCUT2D eigenvalue weighted by Gasteiger charge is 2.25. The molecule has 1 atom stereocenters. The molecule has 0 radical (unpaired) electrons. The van der Waals surface area contributed by atoms with Gasteiger partial charge in [0.15, 0.2) is 11.5 Å². The molecule has 1 aromatic rings. The van der Waals surface area contributed by atoms with Crippen LogP contribution in [0.2, 0.25) is 0 Å². The van der Waals surface area contributed by atoms with E-state index in [2.05, 4.69) is 22.1 Å². The molecule has 1 aliphatic rings. The van der Waals surface area contributed by atoms with E-state index in [-0.39, 0.29) is 0 Å². The van der Waals surface area contributed by atoms with Gasteiger partial charge in [0.2, 0.25) is 0 Å². The third kappa shape index (κ3) is 3.41. The quantitative estimate of drug-likeness (QED) is 0.822. The zero-order valence-electron chi connectivity index (χ0n) is 12.7. The van der Waals surface area contributed by atoms with E-state index in [1.54, 1.807) is 20.4 Å². The Labute approximate surface area is 121 Å². The summed E-state index contributed by atoms with van der Waals surface area (Å²) >= 11 is 0. The number of ether oxygens (including phenoxy) is 2. The summed E-state index contributed by atoms with van der Waals surface area (Å²) in [6, 6.07) is 2.43. The van der Waals surface area contributed by atoms with Crippen molar-refractivity contribution in [3.05, 3.63) is 18.0 Å². The molecule has 5 heteroatoms. The lowest BCUT2D eigenvalue weighted by Gasteiger charge is -2.25. The molecule has 112 valence electrons. The van der Waals surface area contributed by atoms with Crippen molar-refractivity contribution >= 4 is 0 Å².